The average molecular weight is 471 g/mol. The second kappa shape index (κ2) is 10.7. The van der Waals surface area contributed by atoms with Gasteiger partial charge in [-0.3, -0.25) is 0 Å². The van der Waals surface area contributed by atoms with E-state index in [9.17, 15) is 4.39 Å². The lowest BCUT2D eigenvalue weighted by Gasteiger charge is -2.23. The molecule has 0 fully saturated rings. The number of ether oxygens (including phenoxy) is 1. The van der Waals surface area contributed by atoms with Crippen LogP contribution in [0.5, 0.6) is 0 Å². The maximum atomic E-state index is 13.2. The van der Waals surface area contributed by atoms with E-state index in [1.165, 1.54) is 34.4 Å². The third-order valence-corrected chi connectivity index (χ3v) is 6.43. The number of halogens is 1. The van der Waals surface area contributed by atoms with E-state index in [0.29, 0.717) is 30.2 Å². The lowest BCUT2D eigenvalue weighted by atomic mass is 9.82. The predicted octanol–water partition coefficient (Wildman–Crippen LogP) is 8.52. The van der Waals surface area contributed by atoms with Gasteiger partial charge in [0.2, 0.25) is 0 Å². The number of rotatable bonds is 8. The van der Waals surface area contributed by atoms with Crippen molar-refractivity contribution in [1.29, 1.82) is 0 Å². The molecule has 0 saturated carbocycles. The largest absolute Gasteiger partial charge is 0.369 e. The Morgan fingerprint density at radius 3 is 1.97 bits per heavy atom. The highest BCUT2D eigenvalue weighted by Gasteiger charge is 2.22. The summed E-state index contributed by atoms with van der Waals surface area (Å²) in [7, 11) is 0. The van der Waals surface area contributed by atoms with Crippen molar-refractivity contribution in [1.82, 2.24) is 9.97 Å². The summed E-state index contributed by atoms with van der Waals surface area (Å²) in [6.45, 7) is 14.2. The van der Waals surface area contributed by atoms with E-state index in [1.807, 2.05) is 18.2 Å². The Labute approximate surface area is 208 Å². The zero-order valence-electron chi connectivity index (χ0n) is 21.6. The van der Waals surface area contributed by atoms with Crippen molar-refractivity contribution in [3.8, 4) is 11.3 Å². The topological polar surface area (TPSA) is 35.0 Å². The van der Waals surface area contributed by atoms with Crippen molar-refractivity contribution in [2.24, 2.45) is 0 Å². The molecule has 0 unspecified atom stereocenters. The minimum Gasteiger partial charge on any atom is -0.369 e. The summed E-state index contributed by atoms with van der Waals surface area (Å²) in [4.78, 5) is 9.89. The first-order valence-corrected chi connectivity index (χ1v) is 12.5. The van der Waals surface area contributed by atoms with Crippen LogP contribution < -0.4 is 0 Å². The molecule has 1 aromatic heterocycles. The lowest BCUT2D eigenvalue weighted by Crippen LogP contribution is -2.07. The van der Waals surface area contributed by atoms with Gasteiger partial charge in [0.05, 0.1) is 17.8 Å². The highest BCUT2D eigenvalue weighted by atomic mass is 19.1. The number of para-hydroxylation sites is 1. The molecule has 0 radical (unpaired) electrons. The zero-order valence-corrected chi connectivity index (χ0v) is 21.6. The molecule has 0 aliphatic heterocycles. The van der Waals surface area contributed by atoms with E-state index in [2.05, 4.69) is 59.7 Å². The van der Waals surface area contributed by atoms with Crippen molar-refractivity contribution in [3.05, 3.63) is 94.6 Å². The molecule has 3 aromatic carbocycles. The van der Waals surface area contributed by atoms with Gasteiger partial charge < -0.3 is 4.74 Å². The highest BCUT2D eigenvalue weighted by molar-refractivity contribution is 5.94. The standard InChI is InChI=1S/C31H35FN2O/c1-19(2)23-15-26(20(3)4)30(27(16-23)21(5)6)31-25-9-7-8-10-28(25)33-29(34-31)18-35-17-22-11-13-24(32)14-12-22/h7-16,19-21H,17-18H2,1-6H3. The molecule has 0 aliphatic carbocycles. The van der Waals surface area contributed by atoms with E-state index >= 15 is 0 Å². The SMILES string of the molecule is CC(C)c1cc(C(C)C)c(-c2nc(COCc3ccc(F)cc3)nc3ccccc23)c(C(C)C)c1. The van der Waals surface area contributed by atoms with Gasteiger partial charge in [0.1, 0.15) is 12.4 Å². The lowest BCUT2D eigenvalue weighted by molar-refractivity contribution is 0.102. The maximum absolute atomic E-state index is 13.2. The average Bonchev–Trinajstić information content (AvgIpc) is 2.83. The summed E-state index contributed by atoms with van der Waals surface area (Å²) in [6, 6.07) is 19.3. The van der Waals surface area contributed by atoms with Crippen LogP contribution in [0, 0.1) is 5.82 Å². The fourth-order valence-electron chi connectivity index (χ4n) is 4.45. The van der Waals surface area contributed by atoms with Gasteiger partial charge in [0.25, 0.3) is 0 Å². The van der Waals surface area contributed by atoms with Gasteiger partial charge in [-0.2, -0.15) is 0 Å². The monoisotopic (exact) mass is 470 g/mol. The molecule has 4 aromatic rings. The van der Waals surface area contributed by atoms with Gasteiger partial charge in [-0.15, -0.1) is 0 Å². The molecule has 0 saturated heterocycles. The molecule has 1 heterocycles. The second-order valence-corrected chi connectivity index (χ2v) is 10.2. The van der Waals surface area contributed by atoms with Crippen molar-refractivity contribution in [3.63, 3.8) is 0 Å². The minimum absolute atomic E-state index is 0.248. The molecule has 4 rings (SSSR count). The first-order valence-electron chi connectivity index (χ1n) is 12.5. The molecule has 0 spiro atoms. The van der Waals surface area contributed by atoms with Gasteiger partial charge in [-0.05, 0) is 58.2 Å². The predicted molar refractivity (Wildman–Crippen MR) is 142 cm³/mol. The Kier molecular flexibility index (Phi) is 7.61. The molecule has 0 amide bonds. The van der Waals surface area contributed by atoms with Crippen LogP contribution in [0.1, 0.15) is 87.4 Å². The summed E-state index contributed by atoms with van der Waals surface area (Å²) in [5.41, 5.74) is 8.03. The van der Waals surface area contributed by atoms with Crippen LogP contribution in [0.4, 0.5) is 4.39 Å². The first kappa shape index (κ1) is 25.0. The maximum Gasteiger partial charge on any atom is 0.155 e. The molecule has 0 N–H and O–H groups in total. The normalized spacial score (nSPS) is 11.8. The quantitative estimate of drug-likeness (QED) is 0.259. The molecule has 35 heavy (non-hydrogen) atoms. The van der Waals surface area contributed by atoms with Crippen LogP contribution in [0.3, 0.4) is 0 Å². The molecule has 3 nitrogen and oxygen atoms in total. The summed E-state index contributed by atoms with van der Waals surface area (Å²) >= 11 is 0. The number of hydrogen-bond acceptors (Lipinski definition) is 3. The number of nitrogens with zero attached hydrogens (tertiary/aromatic N) is 2. The van der Waals surface area contributed by atoms with E-state index < -0.39 is 0 Å². The van der Waals surface area contributed by atoms with Gasteiger partial charge in [-0.1, -0.05) is 84.0 Å². The molecule has 0 atom stereocenters. The Morgan fingerprint density at radius 1 is 0.743 bits per heavy atom. The van der Waals surface area contributed by atoms with Gasteiger partial charge in [-0.25, -0.2) is 14.4 Å². The Hall–Kier alpha value is -3.11. The number of benzene rings is 3. The van der Waals surface area contributed by atoms with Crippen molar-refractivity contribution >= 4 is 10.9 Å². The Bertz CT molecular complexity index is 1280. The van der Waals surface area contributed by atoms with Crippen molar-refractivity contribution < 1.29 is 9.13 Å². The molecule has 0 bridgehead atoms. The number of aromatic nitrogens is 2. The summed E-state index contributed by atoms with van der Waals surface area (Å²) in [6.07, 6.45) is 0. The van der Waals surface area contributed by atoms with E-state index in [4.69, 9.17) is 14.7 Å². The number of fused-ring (bicyclic) bond motifs is 1. The Morgan fingerprint density at radius 2 is 1.37 bits per heavy atom. The van der Waals surface area contributed by atoms with Crippen LogP contribution in [-0.2, 0) is 18.0 Å². The van der Waals surface area contributed by atoms with Gasteiger partial charge in [0.15, 0.2) is 5.82 Å². The second-order valence-electron chi connectivity index (χ2n) is 10.2. The number of hydrogen-bond donors (Lipinski definition) is 0. The van der Waals surface area contributed by atoms with E-state index in [1.54, 1.807) is 12.1 Å². The fraction of sp³-hybridized carbons (Fsp3) is 0.355. The third kappa shape index (κ3) is 5.59. The summed E-state index contributed by atoms with van der Waals surface area (Å²) in [5.74, 6) is 1.57. The van der Waals surface area contributed by atoms with E-state index in [-0.39, 0.29) is 12.4 Å². The molecule has 0 aliphatic rings. The molecule has 182 valence electrons. The van der Waals surface area contributed by atoms with Crippen molar-refractivity contribution in [2.45, 2.75) is 72.5 Å². The van der Waals surface area contributed by atoms with Gasteiger partial charge in [0, 0.05) is 10.9 Å². The Balaban J connectivity index is 1.82. The van der Waals surface area contributed by atoms with Crippen LogP contribution in [-0.4, -0.2) is 9.97 Å². The van der Waals surface area contributed by atoms with Crippen LogP contribution in [0.25, 0.3) is 22.2 Å². The molecular weight excluding hydrogens is 435 g/mol. The third-order valence-electron chi connectivity index (χ3n) is 6.43. The van der Waals surface area contributed by atoms with Crippen molar-refractivity contribution in [2.75, 3.05) is 0 Å². The molecule has 4 heteroatoms. The minimum atomic E-state index is -0.248. The zero-order chi connectivity index (χ0) is 25.1. The smallest absolute Gasteiger partial charge is 0.155 e. The van der Waals surface area contributed by atoms with Crippen LogP contribution in [0.15, 0.2) is 60.7 Å². The van der Waals surface area contributed by atoms with Crippen LogP contribution >= 0.6 is 0 Å². The summed E-state index contributed by atoms with van der Waals surface area (Å²) in [5, 5.41) is 1.05. The summed E-state index contributed by atoms with van der Waals surface area (Å²) < 4.78 is 19.2. The molecular formula is C31H35FN2O. The van der Waals surface area contributed by atoms with Crippen LogP contribution in [0.2, 0.25) is 0 Å². The van der Waals surface area contributed by atoms with Gasteiger partial charge >= 0.3 is 0 Å². The highest BCUT2D eigenvalue weighted by Crippen LogP contribution is 2.40. The first-order chi connectivity index (χ1) is 16.7. The fourth-order valence-corrected chi connectivity index (χ4v) is 4.45. The van der Waals surface area contributed by atoms with E-state index in [0.717, 1.165) is 22.2 Å².